The van der Waals surface area contributed by atoms with E-state index in [4.69, 9.17) is 5.11 Å². The van der Waals surface area contributed by atoms with Crippen LogP contribution in [-0.2, 0) is 11.3 Å². The molecule has 2 heterocycles. The molecule has 1 atom stereocenters. The summed E-state index contributed by atoms with van der Waals surface area (Å²) in [6.07, 6.45) is 6.60. The number of likely N-dealkylation sites (tertiary alicyclic amines) is 1. The van der Waals surface area contributed by atoms with Gasteiger partial charge in [-0.1, -0.05) is 12.1 Å². The van der Waals surface area contributed by atoms with Crippen molar-refractivity contribution in [3.8, 4) is 5.75 Å². The zero-order valence-corrected chi connectivity index (χ0v) is 13.7. The SMILES string of the molecule is O=C(O)/C=C/c1cnc(N[C@@H]2CCN(Cc3cccc(O)c3)C2)cn1. The van der Waals surface area contributed by atoms with Crippen LogP contribution in [0.3, 0.4) is 0 Å². The number of phenols is 1. The van der Waals surface area contributed by atoms with Crippen LogP contribution in [0.5, 0.6) is 5.75 Å². The molecule has 1 saturated heterocycles. The number of nitrogens with zero attached hydrogens (tertiary/aromatic N) is 3. The van der Waals surface area contributed by atoms with Crippen molar-refractivity contribution in [3.05, 3.63) is 54.0 Å². The Morgan fingerprint density at radius 1 is 1.36 bits per heavy atom. The summed E-state index contributed by atoms with van der Waals surface area (Å²) < 4.78 is 0. The molecule has 1 aromatic heterocycles. The van der Waals surface area contributed by atoms with Gasteiger partial charge in [-0.2, -0.15) is 0 Å². The average molecular weight is 340 g/mol. The summed E-state index contributed by atoms with van der Waals surface area (Å²) in [6, 6.07) is 7.61. The summed E-state index contributed by atoms with van der Waals surface area (Å²) in [5.41, 5.74) is 1.60. The van der Waals surface area contributed by atoms with Gasteiger partial charge in [0.05, 0.1) is 18.1 Å². The molecule has 1 aliphatic heterocycles. The number of hydrogen-bond acceptors (Lipinski definition) is 6. The maximum Gasteiger partial charge on any atom is 0.328 e. The zero-order valence-electron chi connectivity index (χ0n) is 13.7. The van der Waals surface area contributed by atoms with Gasteiger partial charge in [0.25, 0.3) is 0 Å². The Morgan fingerprint density at radius 3 is 2.96 bits per heavy atom. The van der Waals surface area contributed by atoms with Crippen LogP contribution in [0, 0.1) is 0 Å². The first-order valence-corrected chi connectivity index (χ1v) is 8.08. The third kappa shape index (κ3) is 5.02. The molecule has 3 N–H and O–H groups in total. The standard InChI is InChI=1S/C18H20N4O3/c23-16-3-1-2-13(8-16)11-22-7-6-15(12-22)21-17-10-19-14(9-20-17)4-5-18(24)25/h1-5,8-10,15,23H,6-7,11-12H2,(H,20,21)(H,24,25)/b5-4+/t15-/m1/s1. The van der Waals surface area contributed by atoms with E-state index < -0.39 is 5.97 Å². The van der Waals surface area contributed by atoms with E-state index in [-0.39, 0.29) is 6.04 Å². The molecular weight excluding hydrogens is 320 g/mol. The van der Waals surface area contributed by atoms with Crippen LogP contribution < -0.4 is 5.32 Å². The van der Waals surface area contributed by atoms with Gasteiger partial charge in [0.2, 0.25) is 0 Å². The molecule has 7 heteroatoms. The Balaban J connectivity index is 1.52. The highest BCUT2D eigenvalue weighted by molar-refractivity contribution is 5.84. The van der Waals surface area contributed by atoms with Gasteiger partial charge in [0.1, 0.15) is 11.6 Å². The molecule has 130 valence electrons. The number of carbonyl (C=O) groups is 1. The van der Waals surface area contributed by atoms with E-state index >= 15 is 0 Å². The smallest absolute Gasteiger partial charge is 0.328 e. The maximum absolute atomic E-state index is 10.5. The Hall–Kier alpha value is -2.93. The van der Waals surface area contributed by atoms with Crippen molar-refractivity contribution in [1.82, 2.24) is 14.9 Å². The number of carboxylic acids is 1. The fraction of sp³-hybridized carbons (Fsp3) is 0.278. The maximum atomic E-state index is 10.5. The highest BCUT2D eigenvalue weighted by Gasteiger charge is 2.22. The number of rotatable bonds is 6. The first-order valence-electron chi connectivity index (χ1n) is 8.08. The van der Waals surface area contributed by atoms with Crippen LogP contribution >= 0.6 is 0 Å². The van der Waals surface area contributed by atoms with Crippen molar-refractivity contribution >= 4 is 17.9 Å². The number of aliphatic carboxylic acids is 1. The van der Waals surface area contributed by atoms with Crippen LogP contribution in [0.4, 0.5) is 5.82 Å². The molecule has 0 radical (unpaired) electrons. The Kier molecular flexibility index (Phi) is 5.25. The van der Waals surface area contributed by atoms with Gasteiger partial charge in [-0.15, -0.1) is 0 Å². The van der Waals surface area contributed by atoms with E-state index in [1.807, 2.05) is 12.1 Å². The lowest BCUT2D eigenvalue weighted by atomic mass is 10.2. The molecule has 0 unspecified atom stereocenters. The number of nitrogens with one attached hydrogen (secondary N) is 1. The van der Waals surface area contributed by atoms with Gasteiger partial charge in [-0.3, -0.25) is 9.88 Å². The van der Waals surface area contributed by atoms with Crippen molar-refractivity contribution in [3.63, 3.8) is 0 Å². The summed E-state index contributed by atoms with van der Waals surface area (Å²) in [6.45, 7) is 2.66. The van der Waals surface area contributed by atoms with Crippen molar-refractivity contribution in [2.24, 2.45) is 0 Å². The van der Waals surface area contributed by atoms with Gasteiger partial charge in [-0.05, 0) is 30.2 Å². The molecule has 7 nitrogen and oxygen atoms in total. The minimum Gasteiger partial charge on any atom is -0.508 e. The lowest BCUT2D eigenvalue weighted by molar-refractivity contribution is -0.131. The van der Waals surface area contributed by atoms with Crippen molar-refractivity contribution in [2.45, 2.75) is 19.0 Å². The predicted molar refractivity (Wildman–Crippen MR) is 94.1 cm³/mol. The van der Waals surface area contributed by atoms with E-state index in [1.54, 1.807) is 24.5 Å². The predicted octanol–water partition coefficient (Wildman–Crippen LogP) is 1.97. The van der Waals surface area contributed by atoms with Crippen molar-refractivity contribution in [2.75, 3.05) is 18.4 Å². The number of anilines is 1. The lowest BCUT2D eigenvalue weighted by Gasteiger charge is -2.17. The van der Waals surface area contributed by atoms with E-state index in [1.165, 1.54) is 6.08 Å². The van der Waals surface area contributed by atoms with E-state index in [9.17, 15) is 9.90 Å². The van der Waals surface area contributed by atoms with Crippen molar-refractivity contribution in [1.29, 1.82) is 0 Å². The fourth-order valence-electron chi connectivity index (χ4n) is 2.87. The molecule has 0 amide bonds. The summed E-state index contributed by atoms with van der Waals surface area (Å²) in [5, 5.41) is 21.5. The minimum absolute atomic E-state index is 0.284. The first kappa shape index (κ1) is 16.9. The number of aromatic hydroxyl groups is 1. The summed E-state index contributed by atoms with van der Waals surface area (Å²) in [7, 11) is 0. The Labute approximate surface area is 145 Å². The van der Waals surface area contributed by atoms with Gasteiger partial charge < -0.3 is 15.5 Å². The van der Waals surface area contributed by atoms with E-state index in [2.05, 4.69) is 20.2 Å². The third-order valence-electron chi connectivity index (χ3n) is 4.01. The highest BCUT2D eigenvalue weighted by Crippen LogP contribution is 2.18. The quantitative estimate of drug-likeness (QED) is 0.691. The highest BCUT2D eigenvalue weighted by atomic mass is 16.4. The van der Waals surface area contributed by atoms with Crippen LogP contribution in [0.1, 0.15) is 17.7 Å². The van der Waals surface area contributed by atoms with Gasteiger partial charge in [0.15, 0.2) is 0 Å². The molecule has 0 aliphatic carbocycles. The second kappa shape index (κ2) is 7.76. The molecule has 0 saturated carbocycles. The normalized spacial score (nSPS) is 17.8. The van der Waals surface area contributed by atoms with E-state index in [0.29, 0.717) is 17.3 Å². The number of hydrogen-bond donors (Lipinski definition) is 3. The molecule has 1 aliphatic rings. The first-order chi connectivity index (χ1) is 12.1. The minimum atomic E-state index is -1.01. The number of phenolic OH excluding ortho intramolecular Hbond substituents is 1. The second-order valence-corrected chi connectivity index (χ2v) is 6.03. The lowest BCUT2D eigenvalue weighted by Crippen LogP contribution is -2.26. The molecule has 25 heavy (non-hydrogen) atoms. The van der Waals surface area contributed by atoms with Crippen molar-refractivity contribution < 1.29 is 15.0 Å². The van der Waals surface area contributed by atoms with Crippen LogP contribution in [0.25, 0.3) is 6.08 Å². The Morgan fingerprint density at radius 2 is 2.24 bits per heavy atom. The summed E-state index contributed by atoms with van der Waals surface area (Å²) in [4.78, 5) is 21.3. The van der Waals surface area contributed by atoms with Crippen LogP contribution in [0.2, 0.25) is 0 Å². The molecule has 2 aromatic rings. The molecule has 1 fully saturated rings. The van der Waals surface area contributed by atoms with Crippen LogP contribution in [0.15, 0.2) is 42.7 Å². The molecule has 3 rings (SSSR count). The largest absolute Gasteiger partial charge is 0.508 e. The number of carboxylic acid groups (broad SMARTS) is 1. The topological polar surface area (TPSA) is 98.6 Å². The zero-order chi connectivity index (χ0) is 17.6. The van der Waals surface area contributed by atoms with E-state index in [0.717, 1.165) is 37.7 Å². The molecule has 0 spiro atoms. The number of aromatic nitrogens is 2. The van der Waals surface area contributed by atoms with Gasteiger partial charge in [0, 0.05) is 31.8 Å². The summed E-state index contributed by atoms with van der Waals surface area (Å²) in [5.74, 6) is -0.0443. The van der Waals surface area contributed by atoms with Gasteiger partial charge >= 0.3 is 5.97 Å². The second-order valence-electron chi connectivity index (χ2n) is 6.03. The molecule has 0 bridgehead atoms. The molecular formula is C18H20N4O3. The monoisotopic (exact) mass is 340 g/mol. The molecule has 1 aromatic carbocycles. The van der Waals surface area contributed by atoms with Gasteiger partial charge in [-0.25, -0.2) is 9.78 Å². The average Bonchev–Trinajstić information content (AvgIpc) is 3.01. The Bertz CT molecular complexity index is 761. The number of benzene rings is 1. The van der Waals surface area contributed by atoms with Crippen LogP contribution in [-0.4, -0.2) is 50.2 Å². The third-order valence-corrected chi connectivity index (χ3v) is 4.01. The fourth-order valence-corrected chi connectivity index (χ4v) is 2.87. The summed E-state index contributed by atoms with van der Waals surface area (Å²) >= 11 is 0.